The molecule has 806 valence electrons. The van der Waals surface area contributed by atoms with Gasteiger partial charge in [0.1, 0.15) is 45.7 Å². The predicted molar refractivity (Wildman–Crippen MR) is 561 cm³/mol. The number of carbonyl (C=O) groups excluding carboxylic acids is 20. The van der Waals surface area contributed by atoms with Crippen LogP contribution in [-0.4, -0.2) is 226 Å². The molecule has 1 aliphatic carbocycles. The Bertz CT molecular complexity index is 4060. The monoisotopic (exact) mass is 2050 g/mol. The van der Waals surface area contributed by atoms with Crippen LogP contribution in [0.5, 0.6) is 0 Å². The second-order valence-electron chi connectivity index (χ2n) is 42.9. The van der Waals surface area contributed by atoms with Gasteiger partial charge in [0, 0.05) is 198 Å². The molecule has 6 atom stereocenters. The number of hydrogen-bond acceptors (Lipinski definition) is 25. The molecule has 5 aliphatic rings. The fourth-order valence-corrected chi connectivity index (χ4v) is 18.9. The number of rotatable bonds is 53. The van der Waals surface area contributed by atoms with Crippen molar-refractivity contribution in [3.05, 3.63) is 0 Å². The lowest BCUT2D eigenvalue weighted by molar-refractivity contribution is -0.144. The minimum absolute atomic E-state index is 0.00798. The highest BCUT2D eigenvalue weighted by Crippen LogP contribution is 2.36. The van der Waals surface area contributed by atoms with Gasteiger partial charge >= 0.3 is 0 Å². The predicted octanol–water partition coefficient (Wildman–Crippen LogP) is 18.2. The van der Waals surface area contributed by atoms with Gasteiger partial charge in [-0.2, -0.15) is 43.7 Å². The normalized spacial score (nSPS) is 18.1. The summed E-state index contributed by atoms with van der Waals surface area (Å²) in [5, 5.41) is 6.13. The molecule has 1 saturated carbocycles. The molecule has 5 fully saturated rings. The zero-order valence-electron chi connectivity index (χ0n) is 91.9. The van der Waals surface area contributed by atoms with Crippen molar-refractivity contribution < 1.29 is 109 Å². The smallest absolute Gasteiger partial charge is 0.275 e. The molecule has 6 unspecified atom stereocenters. The highest BCUT2D eigenvalue weighted by molar-refractivity contribution is 8.00. The molecular formula is C107H186N6O23S4. The quantitative estimate of drug-likeness (QED) is 0.0289. The molecular weight excluding hydrogens is 1870 g/mol. The van der Waals surface area contributed by atoms with Gasteiger partial charge in [0.25, 0.3) is 10.1 Å². The summed E-state index contributed by atoms with van der Waals surface area (Å²) < 4.78 is 31.2. The molecule has 0 spiro atoms. The first kappa shape index (κ1) is 137. The lowest BCUT2D eigenvalue weighted by atomic mass is 9.77. The third kappa shape index (κ3) is 58.3. The maximum atomic E-state index is 12.3. The summed E-state index contributed by atoms with van der Waals surface area (Å²) in [5.41, 5.74) is 0. The number of thioether (sulfide) groups is 3. The van der Waals surface area contributed by atoms with Gasteiger partial charge in [-0.15, -0.1) is 0 Å². The number of imide groups is 4. The summed E-state index contributed by atoms with van der Waals surface area (Å²) in [4.78, 5) is 240. The van der Waals surface area contributed by atoms with E-state index in [0.717, 1.165) is 68.4 Å². The molecule has 29 nitrogen and oxygen atoms in total. The van der Waals surface area contributed by atoms with E-state index in [0.29, 0.717) is 87.5 Å². The Balaban J connectivity index is -0.00000159. The number of amides is 10. The number of nitrogens with one attached hydrogen (secondary N) is 2. The van der Waals surface area contributed by atoms with Gasteiger partial charge in [-0.25, -0.2) is 0 Å². The van der Waals surface area contributed by atoms with E-state index in [1.807, 2.05) is 162 Å². The third-order valence-electron chi connectivity index (χ3n) is 24.6. The summed E-state index contributed by atoms with van der Waals surface area (Å²) >= 11 is 5.47. The Morgan fingerprint density at radius 1 is 0.364 bits per heavy atom. The fraction of sp³-hybridized carbons (Fsp3) is 0.813. The second kappa shape index (κ2) is 71.6. The Labute approximate surface area is 855 Å². The van der Waals surface area contributed by atoms with Crippen LogP contribution < -0.4 is 10.6 Å². The Hall–Kier alpha value is -6.84. The lowest BCUT2D eigenvalue weighted by Crippen LogP contribution is -2.37. The van der Waals surface area contributed by atoms with Gasteiger partial charge in [0.15, 0.2) is 17.3 Å². The van der Waals surface area contributed by atoms with Crippen molar-refractivity contribution in [2.45, 2.75) is 396 Å². The van der Waals surface area contributed by atoms with Crippen LogP contribution in [0.4, 0.5) is 0 Å². The van der Waals surface area contributed by atoms with E-state index >= 15 is 0 Å². The summed E-state index contributed by atoms with van der Waals surface area (Å²) in [5.74, 6) is 1.59. The van der Waals surface area contributed by atoms with Crippen LogP contribution in [0.15, 0.2) is 0 Å². The number of hydrogen-bond donors (Lipinski definition) is 3. The van der Waals surface area contributed by atoms with E-state index in [1.54, 1.807) is 53.3 Å². The molecule has 4 heterocycles. The molecule has 140 heavy (non-hydrogen) atoms. The van der Waals surface area contributed by atoms with Crippen LogP contribution in [0.3, 0.4) is 0 Å². The van der Waals surface area contributed by atoms with Crippen LogP contribution in [0, 0.1) is 112 Å². The number of nitrogens with zero attached hydrogens (tertiary/aromatic N) is 4. The lowest BCUT2D eigenvalue weighted by Gasteiger charge is -2.30. The minimum atomic E-state index is -4.27. The van der Waals surface area contributed by atoms with Crippen molar-refractivity contribution in [1.29, 1.82) is 0 Å². The zero-order chi connectivity index (χ0) is 109. The van der Waals surface area contributed by atoms with Crippen LogP contribution in [0.25, 0.3) is 0 Å². The van der Waals surface area contributed by atoms with Crippen molar-refractivity contribution >= 4 is 162 Å². The number of ketones is 10. The Kier molecular flexibility index (Phi) is 70.2. The largest absolute Gasteiger partial charge is 0.356 e. The second-order valence-corrected chi connectivity index (χ2v) is 49.9. The molecule has 33 heteroatoms. The van der Waals surface area contributed by atoms with Gasteiger partial charge in [-0.3, -0.25) is 120 Å². The van der Waals surface area contributed by atoms with Crippen molar-refractivity contribution in [3.63, 3.8) is 0 Å². The van der Waals surface area contributed by atoms with Gasteiger partial charge in [-0.1, -0.05) is 228 Å². The van der Waals surface area contributed by atoms with E-state index < -0.39 is 27.1 Å². The standard InChI is InChI=1S/C25H39N3O7.C18H29NO3.C13H21NO3.C12H19NO3.C11H22OS.C10H20O4S2.C10H20OS.C8H16O/c1-16(2)20-14-24(34)28(25(20)35)13-5-6-18(29)7-9-23(33)27-15-19(30)8-10-22(32)26-12-11-21(31)17(3)4;1-11(2)15-9-16(20)19(18(15)22)10-13-5-7-14(8-6-13)17(21)12(3)4;1-8(2)10-7-12(16)14(13(10)17)6-5-11(15)9(3)4;1-7(2)9-5-11(15)13(12(9)16)6-10(14)8(3)4;1-8(2)11(12)7-6-10(5)13-9(3)4;1-7(2)10(11)9(16(12,13)14)5-6-15-8(3)4;1-8(2)10(11)6-5-7-12-9(3)4;1-6(2)5-8(9)7(3)4/h16-17,20H,5-15H2,1-4H3,(H,26,32)(H,27,33);11-15H,5-10H2,1-4H3;8-10H,5-7H2,1-4H3;7-9H,5-6H2,1-4H3;8-10H,6-7H2,1-5H3;7-9H,5-6H2,1-4H3,(H,12,13,14);8-9H,5-7H2,1-4H3;6-7H,5H2,1-4H3. The van der Waals surface area contributed by atoms with Crippen LogP contribution in [-0.2, 0) is 106 Å². The highest BCUT2D eigenvalue weighted by Gasteiger charge is 2.45. The van der Waals surface area contributed by atoms with Gasteiger partial charge < -0.3 is 10.6 Å². The van der Waals surface area contributed by atoms with E-state index in [1.165, 1.54) is 14.7 Å². The summed E-state index contributed by atoms with van der Waals surface area (Å²) in [6.07, 6.45) is 10.3. The topological polar surface area (TPSA) is 433 Å². The van der Waals surface area contributed by atoms with Crippen LogP contribution in [0.2, 0.25) is 0 Å². The zero-order valence-corrected chi connectivity index (χ0v) is 95.2. The number of Topliss-reactive ketones (excluding diaryl/α,β-unsaturated/α-hetero) is 10. The maximum absolute atomic E-state index is 12.3. The number of carbonyl (C=O) groups is 20. The third-order valence-corrected chi connectivity index (χ3v) is 29.4. The first-order valence-electron chi connectivity index (χ1n) is 51.6. The van der Waals surface area contributed by atoms with Gasteiger partial charge in [-0.05, 0) is 114 Å². The van der Waals surface area contributed by atoms with E-state index in [-0.39, 0.29) is 280 Å². The molecule has 3 N–H and O–H groups in total. The van der Waals surface area contributed by atoms with Crippen molar-refractivity contribution in [2.75, 3.05) is 50.8 Å². The van der Waals surface area contributed by atoms with Crippen molar-refractivity contribution in [2.24, 2.45) is 112 Å². The molecule has 0 radical (unpaired) electrons. The molecule has 0 aromatic rings. The summed E-state index contributed by atoms with van der Waals surface area (Å²) in [6.45, 7) is 65.4. The minimum Gasteiger partial charge on any atom is -0.356 e. The number of likely N-dealkylation sites (tertiary alicyclic amines) is 4. The van der Waals surface area contributed by atoms with E-state index in [9.17, 15) is 104 Å². The Morgan fingerprint density at radius 3 is 1.13 bits per heavy atom. The summed E-state index contributed by atoms with van der Waals surface area (Å²) in [6, 6.07) is 0. The molecule has 0 aromatic heterocycles. The molecule has 0 aromatic carbocycles. The molecule has 5 rings (SSSR count). The van der Waals surface area contributed by atoms with E-state index in [4.69, 9.17) is 4.55 Å². The van der Waals surface area contributed by atoms with Gasteiger partial charge in [0.2, 0.25) is 59.1 Å². The first-order chi connectivity index (χ1) is 64.6. The fourth-order valence-electron chi connectivity index (χ4n) is 15.0. The SMILES string of the molecule is CC(C)C(=O)C1CCC(CN2C(=O)CC(C(C)C)C2=O)CC1.CC(C)C(=O)CCN1C(=O)CC(C(C)C)C1=O.CC(C)C(=O)CCNC(=O)CCC(=O)CNC(=O)CCC(=O)CCCN1C(=O)CC(C(C)C)C1=O.CC(C)C(=O)CN1C(=O)CC(C(C)C)C1=O.CC(C)CC(=O)C(C)C.CC(C)SC(C)CCC(=O)C(C)C.CC(C)SCCC(C(=O)C(C)C)S(=O)(=O)O.CC(C)SCCCC(=O)C(C)C. The average molecular weight is 2050 g/mol. The molecule has 4 saturated heterocycles. The molecule has 0 bridgehead atoms. The van der Waals surface area contributed by atoms with Crippen molar-refractivity contribution in [1.82, 2.24) is 30.2 Å². The maximum Gasteiger partial charge on any atom is 0.275 e. The van der Waals surface area contributed by atoms with E-state index in [2.05, 4.69) is 59.1 Å². The Morgan fingerprint density at radius 2 is 0.743 bits per heavy atom. The highest BCUT2D eigenvalue weighted by atomic mass is 32.2. The van der Waals surface area contributed by atoms with Crippen LogP contribution >= 0.6 is 35.3 Å². The van der Waals surface area contributed by atoms with Crippen molar-refractivity contribution in [3.8, 4) is 0 Å². The van der Waals surface area contributed by atoms with Gasteiger partial charge in [0.05, 0.1) is 13.1 Å². The summed E-state index contributed by atoms with van der Waals surface area (Å²) in [7, 11) is -4.27. The van der Waals surface area contributed by atoms with Crippen LogP contribution in [0.1, 0.15) is 370 Å². The average Bonchev–Trinajstić information content (AvgIpc) is 1.65. The first-order valence-corrected chi connectivity index (χ1v) is 56.1. The molecule has 4 aliphatic heterocycles. The molecule has 10 amide bonds.